The fourth-order valence-electron chi connectivity index (χ4n) is 13.4. The van der Waals surface area contributed by atoms with Gasteiger partial charge < -0.3 is 125 Å². The highest BCUT2D eigenvalue weighted by molar-refractivity contribution is 6.02. The van der Waals surface area contributed by atoms with Crippen LogP contribution >= 0.6 is 0 Å². The quantitative estimate of drug-likeness (QED) is 0.0180. The van der Waals surface area contributed by atoms with E-state index in [1.165, 1.54) is 54.7 Å². The van der Waals surface area contributed by atoms with Gasteiger partial charge in [0.25, 0.3) is 5.91 Å². The van der Waals surface area contributed by atoms with E-state index in [0.29, 0.717) is 22.0 Å². The van der Waals surface area contributed by atoms with Gasteiger partial charge in [-0.15, -0.1) is 0 Å². The normalized spacial score (nSPS) is 25.1. The molecular formula is C75H98N18O24. The summed E-state index contributed by atoms with van der Waals surface area (Å²) in [6.07, 6.45) is -10.6. The molecule has 16 unspecified atom stereocenters. The number of carboxylic acid groups (broad SMARTS) is 1. The van der Waals surface area contributed by atoms with E-state index in [4.69, 9.17) is 20.6 Å². The Balaban J connectivity index is 1.32. The Labute approximate surface area is 668 Å². The maximum Gasteiger partial charge on any atom is 0.326 e. The fraction of sp³-hybridized carbons (Fsp3) is 0.493. The Kier molecular flexibility index (Phi) is 32.0. The number of aliphatic hydroxyl groups is 2. The van der Waals surface area contributed by atoms with Gasteiger partial charge in [-0.25, -0.2) is 4.79 Å². The molecule has 16 atom stereocenters. The number of esters is 2. The van der Waals surface area contributed by atoms with Gasteiger partial charge in [-0.3, -0.25) is 82.1 Å². The van der Waals surface area contributed by atoms with Gasteiger partial charge in [-0.1, -0.05) is 42.5 Å². The number of aromatic amines is 1. The summed E-state index contributed by atoms with van der Waals surface area (Å²) in [5, 5.41) is 95.1. The van der Waals surface area contributed by atoms with Crippen molar-refractivity contribution in [3.8, 4) is 11.5 Å². The van der Waals surface area contributed by atoms with E-state index < -0.39 is 262 Å². The van der Waals surface area contributed by atoms with E-state index in [9.17, 15) is 63.9 Å². The molecule has 632 valence electrons. The molecule has 4 saturated heterocycles. The first-order chi connectivity index (χ1) is 55.5. The minimum Gasteiger partial charge on any atom is -0.508 e. The predicted octanol–water partition coefficient (Wildman–Crippen LogP) is -6.48. The monoisotopic (exact) mass is 1630 g/mol. The number of hydrogen-bond acceptors (Lipinski definition) is 24. The fourth-order valence-corrected chi connectivity index (χ4v) is 13.4. The number of H-pyrrole nitrogens is 1. The van der Waals surface area contributed by atoms with Gasteiger partial charge in [0, 0.05) is 69.3 Å². The van der Waals surface area contributed by atoms with Gasteiger partial charge in [0.2, 0.25) is 76.8 Å². The number of nitrogens with one attached hydrogen (secondary N) is 16. The van der Waals surface area contributed by atoms with Crippen LogP contribution in [0.25, 0.3) is 10.9 Å². The summed E-state index contributed by atoms with van der Waals surface area (Å²) < 4.78 is 11.4. The van der Waals surface area contributed by atoms with Crippen molar-refractivity contribution in [3.05, 3.63) is 95.7 Å². The summed E-state index contributed by atoms with van der Waals surface area (Å²) in [4.78, 5) is 253. The number of aromatic nitrogens is 1. The lowest BCUT2D eigenvalue weighted by atomic mass is 10.0. The molecule has 0 saturated carbocycles. The minimum atomic E-state index is -2.68. The lowest BCUT2D eigenvalue weighted by molar-refractivity contribution is -0.154. The van der Waals surface area contributed by atoms with Crippen molar-refractivity contribution >= 4 is 117 Å². The average molecular weight is 1640 g/mol. The molecule has 4 fully saturated rings. The van der Waals surface area contributed by atoms with Crippen LogP contribution < -0.4 is 80.2 Å². The van der Waals surface area contributed by atoms with Crippen LogP contribution in [-0.2, 0) is 110 Å². The molecule has 3 aromatic carbocycles. The number of carbonyl (C=O) groups is 17. The summed E-state index contributed by atoms with van der Waals surface area (Å²) in [6.45, 7) is 2.40. The highest BCUT2D eigenvalue weighted by atomic mass is 16.5. The van der Waals surface area contributed by atoms with Crippen molar-refractivity contribution in [3.63, 3.8) is 0 Å². The second-order valence-electron chi connectivity index (χ2n) is 28.8. The first kappa shape index (κ1) is 89.5. The van der Waals surface area contributed by atoms with Crippen LogP contribution in [0.1, 0.15) is 109 Å². The van der Waals surface area contributed by atoms with Crippen molar-refractivity contribution in [1.82, 2.24) is 84.3 Å². The summed E-state index contributed by atoms with van der Waals surface area (Å²) >= 11 is 0. The smallest absolute Gasteiger partial charge is 0.326 e. The molecule has 14 amide bonds. The number of carboxylic acids is 1. The van der Waals surface area contributed by atoms with Crippen LogP contribution in [0.3, 0.4) is 0 Å². The van der Waals surface area contributed by atoms with Crippen LogP contribution in [0.5, 0.6) is 11.5 Å². The number of ether oxygens (including phenoxy) is 2. The number of nitrogens with zero attached hydrogens (tertiary/aromatic N) is 1. The van der Waals surface area contributed by atoms with Gasteiger partial charge in [0.05, 0.1) is 12.5 Å². The lowest BCUT2D eigenvalue weighted by Gasteiger charge is -2.31. The molecule has 4 aliphatic heterocycles. The summed E-state index contributed by atoms with van der Waals surface area (Å²) in [7, 11) is 0. The third-order valence-electron chi connectivity index (χ3n) is 19.7. The van der Waals surface area contributed by atoms with E-state index in [1.54, 1.807) is 24.3 Å². The third-order valence-corrected chi connectivity index (χ3v) is 19.7. The van der Waals surface area contributed by atoms with Crippen molar-refractivity contribution in [1.29, 1.82) is 5.41 Å². The lowest BCUT2D eigenvalue weighted by Crippen LogP contribution is -2.63. The molecule has 117 heavy (non-hydrogen) atoms. The van der Waals surface area contributed by atoms with Gasteiger partial charge in [-0.05, 0) is 119 Å². The number of fused-ring (bicyclic) bond motifs is 13. The first-order valence-corrected chi connectivity index (χ1v) is 37.9. The number of phenolic OH excluding ortho intramolecular Hbond substituents is 2. The number of amides is 14. The van der Waals surface area contributed by atoms with E-state index in [-0.39, 0.29) is 68.7 Å². The number of phenols is 2. The summed E-state index contributed by atoms with van der Waals surface area (Å²) in [6, 6.07) is -8.13. The molecule has 8 rings (SSSR count). The number of aliphatic hydroxyl groups excluding tert-OH is 2. The number of nitrogens with two attached hydrogens (primary N) is 1. The number of guanidine groups is 1. The highest BCUT2D eigenvalue weighted by Crippen LogP contribution is 2.24. The molecule has 5 heterocycles. The Morgan fingerprint density at radius 2 is 1.25 bits per heavy atom. The van der Waals surface area contributed by atoms with Crippen molar-refractivity contribution in [2.45, 2.75) is 208 Å². The number of aromatic hydroxyl groups is 2. The van der Waals surface area contributed by atoms with E-state index in [1.807, 2.05) is 0 Å². The molecule has 0 aliphatic carbocycles. The number of rotatable bonds is 19. The number of benzene rings is 3. The second kappa shape index (κ2) is 41.8. The standard InChI is InChI=1S/C75H98N18O24/c1-35(81-69(109)57(36(2)94)82-38(4)95)61(101)91-58-37(3)117-56(99)32-50-66(106)86-49(31-41-33-80-45-12-6-5-11-44(41)45)65(105)84-48-24-25-55(98)116-34-53(67(107)87-50)90-68(108)54-15-10-28-93(54)73(113)51(29-39-16-20-42(96)21-17-39)88-63(103)46(83-62(102)47(85-70(58)110)14-9-27-79-75(76)77)13-7-8-26-78-72(112)60(100)59(92-64(48)104)71(111)89-52(74(114)115)30-40-18-22-43(97)23-19-40/h5-6,11-12,16-23,33,35-37,46-54,57-60,80,94,96-97,100H,7-10,13-15,24-32,34H2,1-4H3,(H,78,112)(H,81,109)(H,82,95)(H,83,102)(H,84,105)(H,85,110)(H,86,106)(H,87,107)(H,88,103)(H,89,111)(H,90,108)(H,91,101)(H,92,104)(H,114,115)(H4,76,77,79). The molecule has 23 N–H and O–H groups in total. The molecule has 0 spiro atoms. The molecular weight excluding hydrogens is 1540 g/mol. The summed E-state index contributed by atoms with van der Waals surface area (Å²) in [5.74, 6) is -22.7. The Morgan fingerprint density at radius 1 is 0.641 bits per heavy atom. The topological polar surface area (TPSA) is 647 Å². The van der Waals surface area contributed by atoms with E-state index in [2.05, 4.69) is 79.4 Å². The van der Waals surface area contributed by atoms with Crippen molar-refractivity contribution in [2.24, 2.45) is 5.73 Å². The predicted molar refractivity (Wildman–Crippen MR) is 407 cm³/mol. The number of cyclic esters (lactones) is 1. The van der Waals surface area contributed by atoms with Crippen molar-refractivity contribution in [2.75, 3.05) is 26.2 Å². The Bertz CT molecular complexity index is 4370. The molecule has 4 bridgehead atoms. The largest absolute Gasteiger partial charge is 0.508 e. The minimum absolute atomic E-state index is 0.112. The first-order valence-electron chi connectivity index (χ1n) is 37.9. The molecule has 42 heteroatoms. The van der Waals surface area contributed by atoms with E-state index >= 15 is 43.2 Å². The van der Waals surface area contributed by atoms with Crippen LogP contribution in [0, 0.1) is 5.41 Å². The maximum atomic E-state index is 15.5. The molecule has 4 aliphatic rings. The Hall–Kier alpha value is -13.0. The van der Waals surface area contributed by atoms with Crippen LogP contribution in [0.4, 0.5) is 0 Å². The van der Waals surface area contributed by atoms with Crippen LogP contribution in [0.15, 0.2) is 79.0 Å². The number of carbonyl (C=O) groups excluding carboxylic acids is 16. The highest BCUT2D eigenvalue weighted by Gasteiger charge is 2.45. The van der Waals surface area contributed by atoms with Crippen molar-refractivity contribution < 1.29 is 117 Å². The average Bonchev–Trinajstić information content (AvgIpc) is 1.67. The molecule has 0 radical (unpaired) electrons. The number of para-hydroxylation sites is 1. The number of aliphatic carboxylic acids is 1. The maximum absolute atomic E-state index is 15.5. The zero-order valence-corrected chi connectivity index (χ0v) is 64.3. The van der Waals surface area contributed by atoms with Gasteiger partial charge >= 0.3 is 17.9 Å². The zero-order valence-electron chi connectivity index (χ0n) is 64.3. The SMILES string of the molecule is CC(=O)NC(C(=O)NC(C)C(=O)NC1C(=O)NC(CCCNC(=N)N)C(=O)NC2CCCCNC(=O)C(O)C(C(=O)NC(Cc3ccc(O)cc3)C(=O)O)NC(=O)C3CCC(=O)OCC(NC(=O)C4CCCN4C(=O)C(Cc4ccc(O)cc4)NC2=O)C(=O)NC(CC(=O)OC1C)C(=O)NC(Cc1c[nH]c2ccccc12)C(=O)N3)C(C)O. The van der Waals surface area contributed by atoms with Crippen LogP contribution in [0.2, 0.25) is 0 Å². The summed E-state index contributed by atoms with van der Waals surface area (Å²) in [5.41, 5.74) is 6.93. The third kappa shape index (κ3) is 25.7. The van der Waals surface area contributed by atoms with Gasteiger partial charge in [-0.2, -0.15) is 0 Å². The molecule has 4 aromatic rings. The Morgan fingerprint density at radius 3 is 1.91 bits per heavy atom. The molecule has 42 nitrogen and oxygen atoms in total. The second-order valence-corrected chi connectivity index (χ2v) is 28.8. The van der Waals surface area contributed by atoms with Crippen LogP contribution in [-0.4, -0.2) is 265 Å². The van der Waals surface area contributed by atoms with Gasteiger partial charge in [0.1, 0.15) is 103 Å². The van der Waals surface area contributed by atoms with E-state index in [0.717, 1.165) is 32.6 Å². The van der Waals surface area contributed by atoms with Gasteiger partial charge in [0.15, 0.2) is 12.1 Å². The molecule has 1 aromatic heterocycles. The number of hydrogen-bond donors (Lipinski definition) is 22. The zero-order chi connectivity index (χ0) is 85.5.